The van der Waals surface area contributed by atoms with Gasteiger partial charge in [0.05, 0.1) is 6.42 Å². The Balaban J connectivity index is 2.23. The van der Waals surface area contributed by atoms with Crippen LogP contribution in [0.3, 0.4) is 0 Å². The standard InChI is InChI=1S/C16H25N3O2/c1-13(20)19-15-8-6-14(7-9-15)12-16(21)18-11-5-3-2-4-10-17/h6-9H,2-5,10-12,17H2,1H3,(H,18,21)(H,19,20). The highest BCUT2D eigenvalue weighted by molar-refractivity contribution is 5.88. The molecular formula is C16H25N3O2. The molecule has 1 aromatic carbocycles. The summed E-state index contributed by atoms with van der Waals surface area (Å²) >= 11 is 0. The van der Waals surface area contributed by atoms with Crippen LogP contribution in [0, 0.1) is 0 Å². The monoisotopic (exact) mass is 291 g/mol. The Morgan fingerprint density at radius 2 is 1.71 bits per heavy atom. The van der Waals surface area contributed by atoms with Gasteiger partial charge in [-0.1, -0.05) is 25.0 Å². The second kappa shape index (κ2) is 9.94. The van der Waals surface area contributed by atoms with Crippen molar-refractivity contribution in [3.05, 3.63) is 29.8 Å². The number of anilines is 1. The largest absolute Gasteiger partial charge is 0.356 e. The molecule has 0 bridgehead atoms. The zero-order valence-corrected chi connectivity index (χ0v) is 12.7. The molecule has 0 atom stereocenters. The summed E-state index contributed by atoms with van der Waals surface area (Å²) < 4.78 is 0. The number of amides is 2. The van der Waals surface area contributed by atoms with Crippen molar-refractivity contribution in [2.24, 2.45) is 5.73 Å². The van der Waals surface area contributed by atoms with E-state index >= 15 is 0 Å². The van der Waals surface area contributed by atoms with Gasteiger partial charge in [0, 0.05) is 19.2 Å². The van der Waals surface area contributed by atoms with E-state index in [1.54, 1.807) is 12.1 Å². The minimum atomic E-state index is -0.102. The van der Waals surface area contributed by atoms with E-state index in [1.807, 2.05) is 12.1 Å². The third kappa shape index (κ3) is 8.09. The number of hydrogen-bond donors (Lipinski definition) is 3. The van der Waals surface area contributed by atoms with Gasteiger partial charge in [-0.2, -0.15) is 0 Å². The number of carbonyl (C=O) groups excluding carboxylic acids is 2. The summed E-state index contributed by atoms with van der Waals surface area (Å²) in [7, 11) is 0. The van der Waals surface area contributed by atoms with Crippen molar-refractivity contribution in [3.8, 4) is 0 Å². The number of hydrogen-bond acceptors (Lipinski definition) is 3. The molecule has 0 aromatic heterocycles. The molecule has 1 aromatic rings. The summed E-state index contributed by atoms with van der Waals surface area (Å²) in [6.07, 6.45) is 4.63. The van der Waals surface area contributed by atoms with Gasteiger partial charge in [0.15, 0.2) is 0 Å². The van der Waals surface area contributed by atoms with E-state index in [1.165, 1.54) is 6.92 Å². The Hall–Kier alpha value is -1.88. The van der Waals surface area contributed by atoms with Crippen molar-refractivity contribution in [3.63, 3.8) is 0 Å². The zero-order chi connectivity index (χ0) is 15.5. The van der Waals surface area contributed by atoms with Crippen molar-refractivity contribution in [1.82, 2.24) is 5.32 Å². The highest BCUT2D eigenvalue weighted by atomic mass is 16.2. The molecule has 0 aliphatic carbocycles. The molecule has 5 nitrogen and oxygen atoms in total. The topological polar surface area (TPSA) is 84.2 Å². The van der Waals surface area contributed by atoms with Gasteiger partial charge in [0.1, 0.15) is 0 Å². The Kier molecular flexibility index (Phi) is 8.12. The van der Waals surface area contributed by atoms with Crippen molar-refractivity contribution >= 4 is 17.5 Å². The molecule has 0 aliphatic rings. The number of unbranched alkanes of at least 4 members (excludes halogenated alkanes) is 3. The molecule has 0 spiro atoms. The maximum absolute atomic E-state index is 11.8. The fourth-order valence-electron chi connectivity index (χ4n) is 2.01. The molecule has 5 heteroatoms. The van der Waals surface area contributed by atoms with Crippen LogP contribution in [0.5, 0.6) is 0 Å². The van der Waals surface area contributed by atoms with E-state index in [9.17, 15) is 9.59 Å². The van der Waals surface area contributed by atoms with Gasteiger partial charge in [0.25, 0.3) is 0 Å². The lowest BCUT2D eigenvalue weighted by atomic mass is 10.1. The molecule has 0 radical (unpaired) electrons. The lowest BCUT2D eigenvalue weighted by Crippen LogP contribution is -2.26. The van der Waals surface area contributed by atoms with Crippen molar-refractivity contribution in [2.45, 2.75) is 39.0 Å². The molecule has 0 saturated heterocycles. The first-order valence-corrected chi connectivity index (χ1v) is 7.45. The van der Waals surface area contributed by atoms with Crippen LogP contribution in [-0.4, -0.2) is 24.9 Å². The van der Waals surface area contributed by atoms with Crippen LogP contribution in [0.15, 0.2) is 24.3 Å². The average molecular weight is 291 g/mol. The van der Waals surface area contributed by atoms with Crippen LogP contribution >= 0.6 is 0 Å². The van der Waals surface area contributed by atoms with E-state index in [0.29, 0.717) is 13.0 Å². The molecule has 0 heterocycles. The van der Waals surface area contributed by atoms with Gasteiger partial charge in [-0.3, -0.25) is 9.59 Å². The molecule has 116 valence electrons. The van der Waals surface area contributed by atoms with Gasteiger partial charge >= 0.3 is 0 Å². The Morgan fingerprint density at radius 1 is 1.05 bits per heavy atom. The molecular weight excluding hydrogens is 266 g/mol. The Labute approximate surface area is 126 Å². The number of nitrogens with one attached hydrogen (secondary N) is 2. The van der Waals surface area contributed by atoms with E-state index in [2.05, 4.69) is 10.6 Å². The van der Waals surface area contributed by atoms with Gasteiger partial charge in [0.2, 0.25) is 11.8 Å². The summed E-state index contributed by atoms with van der Waals surface area (Å²) in [5, 5.41) is 5.61. The highest BCUT2D eigenvalue weighted by Gasteiger charge is 2.03. The summed E-state index contributed by atoms with van der Waals surface area (Å²) in [5.74, 6) is -0.0729. The average Bonchev–Trinajstić information content (AvgIpc) is 2.44. The molecule has 1 rings (SSSR count). The van der Waals surface area contributed by atoms with Crippen LogP contribution in [0.25, 0.3) is 0 Å². The third-order valence-corrected chi connectivity index (χ3v) is 3.09. The fraction of sp³-hybridized carbons (Fsp3) is 0.500. The highest BCUT2D eigenvalue weighted by Crippen LogP contribution is 2.10. The smallest absolute Gasteiger partial charge is 0.224 e. The maximum Gasteiger partial charge on any atom is 0.224 e. The second-order valence-corrected chi connectivity index (χ2v) is 5.11. The summed E-state index contributed by atoms with van der Waals surface area (Å²) in [6.45, 7) is 2.92. The predicted molar refractivity (Wildman–Crippen MR) is 85.0 cm³/mol. The first kappa shape index (κ1) is 17.2. The van der Waals surface area contributed by atoms with E-state index in [4.69, 9.17) is 5.73 Å². The summed E-state index contributed by atoms with van der Waals surface area (Å²) in [6, 6.07) is 7.31. The molecule has 0 fully saturated rings. The first-order chi connectivity index (χ1) is 10.1. The maximum atomic E-state index is 11.8. The normalized spacial score (nSPS) is 10.2. The third-order valence-electron chi connectivity index (χ3n) is 3.09. The number of carbonyl (C=O) groups is 2. The van der Waals surface area contributed by atoms with Gasteiger partial charge < -0.3 is 16.4 Å². The van der Waals surface area contributed by atoms with E-state index in [0.717, 1.165) is 43.5 Å². The predicted octanol–water partition coefficient (Wildman–Crippen LogP) is 1.82. The van der Waals surface area contributed by atoms with Crippen molar-refractivity contribution in [2.75, 3.05) is 18.4 Å². The molecule has 0 unspecified atom stereocenters. The van der Waals surface area contributed by atoms with E-state index < -0.39 is 0 Å². The second-order valence-electron chi connectivity index (χ2n) is 5.11. The number of nitrogens with two attached hydrogens (primary N) is 1. The van der Waals surface area contributed by atoms with E-state index in [-0.39, 0.29) is 11.8 Å². The molecule has 0 saturated carbocycles. The summed E-state index contributed by atoms with van der Waals surface area (Å²) in [5.41, 5.74) is 7.10. The minimum absolute atomic E-state index is 0.0288. The summed E-state index contributed by atoms with van der Waals surface area (Å²) in [4.78, 5) is 22.7. The minimum Gasteiger partial charge on any atom is -0.356 e. The van der Waals surface area contributed by atoms with Gasteiger partial charge in [-0.05, 0) is 37.1 Å². The Bertz CT molecular complexity index is 443. The van der Waals surface area contributed by atoms with Crippen LogP contribution in [0.2, 0.25) is 0 Å². The van der Waals surface area contributed by atoms with Crippen LogP contribution in [0.4, 0.5) is 5.69 Å². The Morgan fingerprint density at radius 3 is 2.33 bits per heavy atom. The van der Waals surface area contributed by atoms with Crippen molar-refractivity contribution in [1.29, 1.82) is 0 Å². The quantitative estimate of drug-likeness (QED) is 0.607. The SMILES string of the molecule is CC(=O)Nc1ccc(CC(=O)NCCCCCCN)cc1. The lowest BCUT2D eigenvalue weighted by molar-refractivity contribution is -0.120. The molecule has 4 N–H and O–H groups in total. The number of rotatable bonds is 9. The molecule has 21 heavy (non-hydrogen) atoms. The molecule has 0 aliphatic heterocycles. The van der Waals surface area contributed by atoms with Gasteiger partial charge in [-0.15, -0.1) is 0 Å². The van der Waals surface area contributed by atoms with Crippen LogP contribution in [0.1, 0.15) is 38.2 Å². The number of benzene rings is 1. The van der Waals surface area contributed by atoms with Crippen molar-refractivity contribution < 1.29 is 9.59 Å². The zero-order valence-electron chi connectivity index (χ0n) is 12.7. The fourth-order valence-corrected chi connectivity index (χ4v) is 2.01. The molecule has 2 amide bonds. The van der Waals surface area contributed by atoms with Crippen LogP contribution in [-0.2, 0) is 16.0 Å². The lowest BCUT2D eigenvalue weighted by Gasteiger charge is -2.06. The van der Waals surface area contributed by atoms with Crippen LogP contribution < -0.4 is 16.4 Å². The van der Waals surface area contributed by atoms with Gasteiger partial charge in [-0.25, -0.2) is 0 Å². The first-order valence-electron chi connectivity index (χ1n) is 7.45.